The monoisotopic (exact) mass is 331 g/mol. The summed E-state index contributed by atoms with van der Waals surface area (Å²) in [6.07, 6.45) is -2.60. The second-order valence-corrected chi connectivity index (χ2v) is 5.12. The highest BCUT2D eigenvalue weighted by Crippen LogP contribution is 2.21. The van der Waals surface area contributed by atoms with Gasteiger partial charge in [-0.1, -0.05) is 23.7 Å². The summed E-state index contributed by atoms with van der Waals surface area (Å²) in [7, 11) is 1.32. The minimum atomic E-state index is -4.30. The highest BCUT2D eigenvalue weighted by atomic mass is 35.5. The van der Waals surface area contributed by atoms with Crippen molar-refractivity contribution in [3.05, 3.63) is 47.2 Å². The first kappa shape index (κ1) is 16.4. The summed E-state index contributed by atoms with van der Waals surface area (Å²) in [5, 5.41) is 4.48. The normalized spacial score (nSPS) is 11.5. The number of benzene rings is 1. The zero-order valence-electron chi connectivity index (χ0n) is 11.6. The van der Waals surface area contributed by atoms with Gasteiger partial charge in [-0.15, -0.1) is 0 Å². The van der Waals surface area contributed by atoms with Crippen molar-refractivity contribution in [1.29, 1.82) is 0 Å². The fourth-order valence-corrected chi connectivity index (χ4v) is 2.04. The van der Waals surface area contributed by atoms with Gasteiger partial charge in [-0.05, 0) is 12.1 Å². The summed E-state index contributed by atoms with van der Waals surface area (Å²) in [4.78, 5) is 13.1. The molecule has 0 radical (unpaired) electrons. The third-order valence-corrected chi connectivity index (χ3v) is 3.33. The van der Waals surface area contributed by atoms with E-state index < -0.39 is 25.0 Å². The Kier molecular flexibility index (Phi) is 4.75. The van der Waals surface area contributed by atoms with Crippen LogP contribution >= 0.6 is 11.6 Å². The van der Waals surface area contributed by atoms with Crippen molar-refractivity contribution in [3.63, 3.8) is 0 Å². The van der Waals surface area contributed by atoms with Crippen LogP contribution in [0.4, 0.5) is 13.2 Å². The summed E-state index contributed by atoms with van der Waals surface area (Å²) in [5.74, 6) is -0.525. The van der Waals surface area contributed by atoms with E-state index >= 15 is 0 Å². The molecular weight excluding hydrogens is 319 g/mol. The molecule has 2 aromatic rings. The van der Waals surface area contributed by atoms with Gasteiger partial charge in [0.1, 0.15) is 0 Å². The molecule has 1 heterocycles. The average Bonchev–Trinajstić information content (AvgIpc) is 2.93. The van der Waals surface area contributed by atoms with E-state index in [2.05, 4.69) is 5.10 Å². The van der Waals surface area contributed by atoms with Crippen LogP contribution in [0, 0.1) is 0 Å². The molecule has 4 nitrogen and oxygen atoms in total. The van der Waals surface area contributed by atoms with Gasteiger partial charge in [0.05, 0.1) is 28.9 Å². The van der Waals surface area contributed by atoms with Crippen LogP contribution in [0.2, 0.25) is 5.02 Å². The van der Waals surface area contributed by atoms with E-state index in [4.69, 9.17) is 11.6 Å². The molecule has 1 aromatic carbocycles. The second kappa shape index (κ2) is 6.39. The molecule has 0 aliphatic rings. The zero-order valence-corrected chi connectivity index (χ0v) is 12.4. The minimum absolute atomic E-state index is 0.199. The van der Waals surface area contributed by atoms with Gasteiger partial charge < -0.3 is 4.90 Å². The van der Waals surface area contributed by atoms with Crippen LogP contribution in [-0.4, -0.2) is 40.4 Å². The number of rotatable bonds is 4. The molecule has 0 fully saturated rings. The van der Waals surface area contributed by atoms with Crippen LogP contribution in [0.3, 0.4) is 0 Å². The average molecular weight is 332 g/mol. The first-order valence-corrected chi connectivity index (χ1v) is 6.77. The minimum Gasteiger partial charge on any atom is -0.341 e. The molecule has 22 heavy (non-hydrogen) atoms. The molecule has 0 aliphatic heterocycles. The van der Waals surface area contributed by atoms with E-state index in [0.717, 1.165) is 4.90 Å². The van der Waals surface area contributed by atoms with E-state index in [1.165, 1.54) is 24.1 Å². The molecule has 0 atom stereocenters. The van der Waals surface area contributed by atoms with Gasteiger partial charge >= 0.3 is 6.18 Å². The van der Waals surface area contributed by atoms with Crippen molar-refractivity contribution in [3.8, 4) is 5.69 Å². The van der Waals surface area contributed by atoms with Gasteiger partial charge in [-0.2, -0.15) is 18.3 Å². The number of hydrogen-bond donors (Lipinski definition) is 0. The number of nitrogens with zero attached hydrogens (tertiary/aromatic N) is 3. The van der Waals surface area contributed by atoms with Crippen molar-refractivity contribution in [2.75, 3.05) is 13.6 Å². The Morgan fingerprint density at radius 2 is 2.05 bits per heavy atom. The largest absolute Gasteiger partial charge is 0.390 e. The Labute approximate surface area is 130 Å². The Bertz CT molecular complexity index is 669. The number of amides is 1. The predicted octanol–water partition coefficient (Wildman–Crippen LogP) is 3.55. The maximum Gasteiger partial charge on any atom is 0.390 e. The molecule has 2 rings (SSSR count). The number of para-hydroxylation sites is 1. The lowest BCUT2D eigenvalue weighted by Crippen LogP contribution is -2.30. The first-order chi connectivity index (χ1) is 10.3. The van der Waals surface area contributed by atoms with E-state index in [9.17, 15) is 18.0 Å². The van der Waals surface area contributed by atoms with Crippen molar-refractivity contribution < 1.29 is 18.0 Å². The molecule has 0 aliphatic carbocycles. The predicted molar refractivity (Wildman–Crippen MR) is 76.2 cm³/mol. The van der Waals surface area contributed by atoms with Crippen LogP contribution in [0.25, 0.3) is 5.69 Å². The topological polar surface area (TPSA) is 38.1 Å². The molecule has 0 unspecified atom stereocenters. The van der Waals surface area contributed by atoms with Gasteiger partial charge in [0.25, 0.3) is 5.91 Å². The quantitative estimate of drug-likeness (QED) is 0.859. The lowest BCUT2D eigenvalue weighted by atomic mass is 10.3. The van der Waals surface area contributed by atoms with Gasteiger partial charge in [-0.25, -0.2) is 4.68 Å². The van der Waals surface area contributed by atoms with Crippen molar-refractivity contribution in [2.45, 2.75) is 12.6 Å². The second-order valence-electron chi connectivity index (χ2n) is 4.72. The van der Waals surface area contributed by atoms with Crippen LogP contribution in [0.1, 0.15) is 16.8 Å². The highest BCUT2D eigenvalue weighted by Gasteiger charge is 2.28. The number of carbonyl (C=O) groups excluding carboxylic acids is 1. The summed E-state index contributed by atoms with van der Waals surface area (Å²) >= 11 is 6.03. The molecule has 1 amide bonds. The molecule has 8 heteroatoms. The molecule has 0 N–H and O–H groups in total. The van der Waals surface area contributed by atoms with Crippen molar-refractivity contribution in [2.24, 2.45) is 0 Å². The Morgan fingerprint density at radius 1 is 1.36 bits per heavy atom. The Morgan fingerprint density at radius 3 is 2.68 bits per heavy atom. The molecular formula is C14H13ClF3N3O. The van der Waals surface area contributed by atoms with E-state index in [1.54, 1.807) is 24.3 Å². The molecule has 118 valence electrons. The third kappa shape index (κ3) is 4.00. The van der Waals surface area contributed by atoms with E-state index in [1.807, 2.05) is 0 Å². The molecule has 0 bridgehead atoms. The number of alkyl halides is 3. The lowest BCUT2D eigenvalue weighted by molar-refractivity contribution is -0.136. The van der Waals surface area contributed by atoms with Gasteiger partial charge in [0.15, 0.2) is 0 Å². The first-order valence-electron chi connectivity index (χ1n) is 6.40. The summed E-state index contributed by atoms with van der Waals surface area (Å²) in [5.41, 5.74) is 0.783. The van der Waals surface area contributed by atoms with Crippen LogP contribution in [-0.2, 0) is 0 Å². The fraction of sp³-hybridized carbons (Fsp3) is 0.286. The number of aromatic nitrogens is 2. The maximum absolute atomic E-state index is 12.2. The molecule has 1 aromatic heterocycles. The maximum atomic E-state index is 12.2. The van der Waals surface area contributed by atoms with E-state index in [0.29, 0.717) is 10.7 Å². The van der Waals surface area contributed by atoms with Crippen LogP contribution < -0.4 is 0 Å². The molecule has 0 saturated heterocycles. The van der Waals surface area contributed by atoms with E-state index in [-0.39, 0.29) is 5.56 Å². The zero-order chi connectivity index (χ0) is 16.3. The smallest absolute Gasteiger partial charge is 0.341 e. The summed E-state index contributed by atoms with van der Waals surface area (Å²) in [6.45, 7) is -0.403. The van der Waals surface area contributed by atoms with Gasteiger partial charge in [0, 0.05) is 19.8 Å². The lowest BCUT2D eigenvalue weighted by Gasteiger charge is -2.17. The summed E-state index contributed by atoms with van der Waals surface area (Å²) in [6, 6.07) is 6.92. The van der Waals surface area contributed by atoms with Crippen molar-refractivity contribution in [1.82, 2.24) is 14.7 Å². The standard InChI is InChI=1S/C14H13ClF3N3O/c1-20(7-6-14(16,17)18)13(22)10-8-19-21(9-10)12-5-3-2-4-11(12)15/h2-5,8-9H,6-7H2,1H3. The number of hydrogen-bond acceptors (Lipinski definition) is 2. The SMILES string of the molecule is CN(CCC(F)(F)F)C(=O)c1cnn(-c2ccccc2Cl)c1. The Balaban J connectivity index is 2.11. The molecule has 0 spiro atoms. The van der Waals surface area contributed by atoms with Crippen LogP contribution in [0.5, 0.6) is 0 Å². The van der Waals surface area contributed by atoms with Gasteiger partial charge in [-0.3, -0.25) is 4.79 Å². The Hall–Kier alpha value is -2.02. The van der Waals surface area contributed by atoms with Gasteiger partial charge in [0.2, 0.25) is 0 Å². The number of carbonyl (C=O) groups is 1. The molecule has 0 saturated carbocycles. The fourth-order valence-electron chi connectivity index (χ4n) is 1.82. The number of halogens is 4. The third-order valence-electron chi connectivity index (χ3n) is 3.01. The van der Waals surface area contributed by atoms with Crippen molar-refractivity contribution >= 4 is 17.5 Å². The highest BCUT2D eigenvalue weighted by molar-refractivity contribution is 6.32. The summed E-state index contributed by atoms with van der Waals surface area (Å²) < 4.78 is 38.0. The van der Waals surface area contributed by atoms with Crippen LogP contribution in [0.15, 0.2) is 36.7 Å².